The third-order valence-electron chi connectivity index (χ3n) is 2.03. The number of nitrogens with two attached hydrogens (primary N) is 1. The highest BCUT2D eigenvalue weighted by molar-refractivity contribution is 7.86. The van der Waals surface area contributed by atoms with Gasteiger partial charge in [-0.1, -0.05) is 6.07 Å². The van der Waals surface area contributed by atoms with Crippen molar-refractivity contribution in [2.24, 2.45) is 5.73 Å². The lowest BCUT2D eigenvalue weighted by molar-refractivity contribution is -0.135. The standard InChI is InChI=1S/C10H13NO6S/c1-18(15,16)17-10(14)7(11)4-6-2-3-8(12)9(13)5-6/h2-3,5,7,12-13H,4,11H2,1H3. The van der Waals surface area contributed by atoms with Crippen LogP contribution in [0.1, 0.15) is 5.56 Å². The molecule has 0 aliphatic heterocycles. The van der Waals surface area contributed by atoms with Crippen LogP contribution in [0.4, 0.5) is 0 Å². The van der Waals surface area contributed by atoms with Gasteiger partial charge in [0, 0.05) is 0 Å². The molecule has 1 rings (SSSR count). The van der Waals surface area contributed by atoms with Gasteiger partial charge < -0.3 is 20.1 Å². The second kappa shape index (κ2) is 5.23. The topological polar surface area (TPSA) is 127 Å². The molecule has 18 heavy (non-hydrogen) atoms. The number of carbonyl (C=O) groups is 1. The van der Waals surface area contributed by atoms with E-state index in [2.05, 4.69) is 4.18 Å². The van der Waals surface area contributed by atoms with E-state index in [9.17, 15) is 18.3 Å². The first kappa shape index (κ1) is 14.3. The minimum atomic E-state index is -3.89. The predicted molar refractivity (Wildman–Crippen MR) is 62.4 cm³/mol. The average molecular weight is 275 g/mol. The molecule has 8 heteroatoms. The first-order chi connectivity index (χ1) is 8.19. The summed E-state index contributed by atoms with van der Waals surface area (Å²) in [7, 11) is -3.89. The molecular weight excluding hydrogens is 262 g/mol. The van der Waals surface area contributed by atoms with Crippen molar-refractivity contribution in [3.8, 4) is 11.5 Å². The molecule has 100 valence electrons. The Hall–Kier alpha value is -1.80. The van der Waals surface area contributed by atoms with Crippen molar-refractivity contribution in [3.05, 3.63) is 23.8 Å². The van der Waals surface area contributed by atoms with Gasteiger partial charge >= 0.3 is 16.1 Å². The number of rotatable bonds is 4. The van der Waals surface area contributed by atoms with E-state index in [0.717, 1.165) is 6.26 Å². The highest BCUT2D eigenvalue weighted by atomic mass is 32.2. The molecule has 1 atom stereocenters. The third kappa shape index (κ3) is 4.22. The normalized spacial score (nSPS) is 13.0. The molecular formula is C10H13NO6S. The molecule has 0 saturated carbocycles. The summed E-state index contributed by atoms with van der Waals surface area (Å²) in [5, 5.41) is 18.3. The number of hydrogen-bond donors (Lipinski definition) is 3. The zero-order valence-corrected chi connectivity index (χ0v) is 10.3. The van der Waals surface area contributed by atoms with Gasteiger partial charge in [-0.3, -0.25) is 0 Å². The van der Waals surface area contributed by atoms with Crippen LogP contribution in [0.2, 0.25) is 0 Å². The highest BCUT2D eigenvalue weighted by Crippen LogP contribution is 2.25. The van der Waals surface area contributed by atoms with Crippen LogP contribution in [-0.2, 0) is 25.5 Å². The molecule has 7 nitrogen and oxygen atoms in total. The molecule has 1 unspecified atom stereocenters. The van der Waals surface area contributed by atoms with Crippen LogP contribution in [-0.4, -0.2) is 36.9 Å². The zero-order valence-electron chi connectivity index (χ0n) is 9.53. The first-order valence-corrected chi connectivity index (χ1v) is 6.70. The Kier molecular flexibility index (Phi) is 4.15. The molecule has 0 aliphatic carbocycles. The van der Waals surface area contributed by atoms with Crippen LogP contribution in [0.5, 0.6) is 11.5 Å². The summed E-state index contributed by atoms with van der Waals surface area (Å²) < 4.78 is 25.6. The largest absolute Gasteiger partial charge is 0.504 e. The van der Waals surface area contributed by atoms with E-state index >= 15 is 0 Å². The van der Waals surface area contributed by atoms with Crippen LogP contribution in [0, 0.1) is 0 Å². The van der Waals surface area contributed by atoms with Crippen LogP contribution >= 0.6 is 0 Å². The molecule has 4 N–H and O–H groups in total. The maximum atomic E-state index is 11.3. The molecule has 1 aromatic rings. The lowest BCUT2D eigenvalue weighted by atomic mass is 10.1. The molecule has 0 spiro atoms. The SMILES string of the molecule is CS(=O)(=O)OC(=O)C(N)Cc1ccc(O)c(O)c1. The number of aromatic hydroxyl groups is 2. The molecule has 0 bridgehead atoms. The number of carbonyl (C=O) groups excluding carboxylic acids is 1. The number of phenolic OH excluding ortho intramolecular Hbond substituents is 2. The van der Waals surface area contributed by atoms with Crippen molar-refractivity contribution in [3.63, 3.8) is 0 Å². The molecule has 0 amide bonds. The van der Waals surface area contributed by atoms with Gasteiger partial charge in [0.25, 0.3) is 0 Å². The molecule has 0 fully saturated rings. The van der Waals surface area contributed by atoms with Crippen molar-refractivity contribution >= 4 is 16.1 Å². The summed E-state index contributed by atoms with van der Waals surface area (Å²) in [5.74, 6) is -1.73. The summed E-state index contributed by atoms with van der Waals surface area (Å²) in [5.41, 5.74) is 5.92. The van der Waals surface area contributed by atoms with Crippen LogP contribution < -0.4 is 5.73 Å². The van der Waals surface area contributed by atoms with E-state index in [-0.39, 0.29) is 17.9 Å². The number of hydrogen-bond acceptors (Lipinski definition) is 7. The number of benzene rings is 1. The fraction of sp³-hybridized carbons (Fsp3) is 0.300. The van der Waals surface area contributed by atoms with E-state index in [1.807, 2.05) is 0 Å². The van der Waals surface area contributed by atoms with Crippen LogP contribution in [0.3, 0.4) is 0 Å². The molecule has 0 heterocycles. The second-order valence-corrected chi connectivity index (χ2v) is 5.32. The molecule has 0 aliphatic rings. The highest BCUT2D eigenvalue weighted by Gasteiger charge is 2.20. The van der Waals surface area contributed by atoms with Gasteiger partial charge in [0.05, 0.1) is 6.26 Å². The van der Waals surface area contributed by atoms with Gasteiger partial charge in [0.1, 0.15) is 6.04 Å². The zero-order chi connectivity index (χ0) is 13.9. The Morgan fingerprint density at radius 3 is 2.50 bits per heavy atom. The van der Waals surface area contributed by atoms with E-state index in [1.54, 1.807) is 0 Å². The third-order valence-corrected chi connectivity index (χ3v) is 2.50. The summed E-state index contributed by atoms with van der Waals surface area (Å²) in [6.45, 7) is 0. The van der Waals surface area contributed by atoms with Gasteiger partial charge in [-0.25, -0.2) is 4.79 Å². The van der Waals surface area contributed by atoms with E-state index in [1.165, 1.54) is 18.2 Å². The molecule has 0 aromatic heterocycles. The van der Waals surface area contributed by atoms with E-state index in [0.29, 0.717) is 5.56 Å². The smallest absolute Gasteiger partial charge is 0.339 e. The molecule has 0 saturated heterocycles. The predicted octanol–water partition coefficient (Wildman–Crippen LogP) is -0.530. The maximum absolute atomic E-state index is 11.3. The van der Waals surface area contributed by atoms with Crippen LogP contribution in [0.15, 0.2) is 18.2 Å². The van der Waals surface area contributed by atoms with E-state index in [4.69, 9.17) is 10.8 Å². The lowest BCUT2D eigenvalue weighted by Gasteiger charge is -2.10. The van der Waals surface area contributed by atoms with Gasteiger partial charge in [-0.15, -0.1) is 0 Å². The molecule has 1 aromatic carbocycles. The van der Waals surface area contributed by atoms with Crippen LogP contribution in [0.25, 0.3) is 0 Å². The summed E-state index contributed by atoms with van der Waals surface area (Å²) in [6.07, 6.45) is 0.714. The monoisotopic (exact) mass is 275 g/mol. The van der Waals surface area contributed by atoms with Crippen molar-refractivity contribution in [1.82, 2.24) is 0 Å². The van der Waals surface area contributed by atoms with Crippen molar-refractivity contribution in [2.45, 2.75) is 12.5 Å². The average Bonchev–Trinajstić information content (AvgIpc) is 2.21. The minimum absolute atomic E-state index is 0.0256. The summed E-state index contributed by atoms with van der Waals surface area (Å²) in [6, 6.07) is 2.73. The summed E-state index contributed by atoms with van der Waals surface area (Å²) >= 11 is 0. The minimum Gasteiger partial charge on any atom is -0.504 e. The second-order valence-electron chi connectivity index (χ2n) is 3.74. The van der Waals surface area contributed by atoms with E-state index < -0.39 is 22.1 Å². The molecule has 0 radical (unpaired) electrons. The van der Waals surface area contributed by atoms with Crippen molar-refractivity contribution in [1.29, 1.82) is 0 Å². The Morgan fingerprint density at radius 2 is 2.00 bits per heavy atom. The lowest BCUT2D eigenvalue weighted by Crippen LogP contribution is -2.35. The van der Waals surface area contributed by atoms with Crippen molar-refractivity contribution < 1.29 is 27.6 Å². The van der Waals surface area contributed by atoms with Gasteiger partial charge in [0.15, 0.2) is 11.5 Å². The fourth-order valence-corrected chi connectivity index (χ4v) is 1.67. The first-order valence-electron chi connectivity index (χ1n) is 4.89. The maximum Gasteiger partial charge on any atom is 0.339 e. The fourth-order valence-electron chi connectivity index (χ4n) is 1.24. The Balaban J connectivity index is 2.72. The van der Waals surface area contributed by atoms with Gasteiger partial charge in [0.2, 0.25) is 0 Å². The van der Waals surface area contributed by atoms with Crippen molar-refractivity contribution in [2.75, 3.05) is 6.26 Å². The quantitative estimate of drug-likeness (QED) is 0.498. The van der Waals surface area contributed by atoms with Gasteiger partial charge in [-0.05, 0) is 24.1 Å². The number of phenols is 2. The van der Waals surface area contributed by atoms with Gasteiger partial charge in [-0.2, -0.15) is 8.42 Å². The Morgan fingerprint density at radius 1 is 1.39 bits per heavy atom. The summed E-state index contributed by atoms with van der Waals surface area (Å²) in [4.78, 5) is 11.3. The Labute approximate surface area is 104 Å². The Bertz CT molecular complexity index is 553.